The average molecular weight is 327 g/mol. The number of nitrogens with one attached hydrogen (secondary N) is 1. The Morgan fingerprint density at radius 2 is 2.00 bits per heavy atom. The first-order valence-corrected chi connectivity index (χ1v) is 7.73. The molecule has 128 valence electrons. The maximum atomic E-state index is 14.3. The van der Waals surface area contributed by atoms with Crippen LogP contribution in [0.4, 0.5) is 8.78 Å². The van der Waals surface area contributed by atoms with E-state index in [1.807, 2.05) is 13.8 Å². The molecule has 4 nitrogen and oxygen atoms in total. The lowest BCUT2D eigenvalue weighted by Gasteiger charge is -2.37. The van der Waals surface area contributed by atoms with Gasteiger partial charge in [-0.1, -0.05) is 19.9 Å². The Labute approximate surface area is 134 Å². The fourth-order valence-corrected chi connectivity index (χ4v) is 2.76. The summed E-state index contributed by atoms with van der Waals surface area (Å²) in [5.74, 6) is -1.70. The molecule has 6 heteroatoms. The second-order valence-electron chi connectivity index (χ2n) is 6.82. The largest absolute Gasteiger partial charge is 0.396 e. The zero-order chi connectivity index (χ0) is 17.1. The number of benzene rings is 1. The van der Waals surface area contributed by atoms with Crippen LogP contribution in [0.25, 0.3) is 0 Å². The Balaban J connectivity index is 2.30. The van der Waals surface area contributed by atoms with E-state index in [-0.39, 0.29) is 24.6 Å². The first-order chi connectivity index (χ1) is 10.8. The van der Waals surface area contributed by atoms with Crippen molar-refractivity contribution in [2.24, 2.45) is 5.41 Å². The van der Waals surface area contributed by atoms with Crippen LogP contribution in [0.2, 0.25) is 0 Å². The van der Waals surface area contributed by atoms with E-state index in [1.54, 1.807) is 0 Å². The molecule has 0 radical (unpaired) electrons. The molecule has 0 bridgehead atoms. The molecular weight excluding hydrogens is 304 g/mol. The van der Waals surface area contributed by atoms with Gasteiger partial charge in [-0.15, -0.1) is 0 Å². The van der Waals surface area contributed by atoms with E-state index in [2.05, 4.69) is 5.32 Å². The van der Waals surface area contributed by atoms with Crippen molar-refractivity contribution in [1.29, 1.82) is 0 Å². The maximum Gasteiger partial charge on any atom is 0.230 e. The summed E-state index contributed by atoms with van der Waals surface area (Å²) in [6.07, 6.45) is 0.669. The normalized spacial score (nSPS) is 17.8. The summed E-state index contributed by atoms with van der Waals surface area (Å²) in [4.78, 5) is 12.8. The zero-order valence-electron chi connectivity index (χ0n) is 13.5. The van der Waals surface area contributed by atoms with Gasteiger partial charge in [-0.3, -0.25) is 4.79 Å². The summed E-state index contributed by atoms with van der Waals surface area (Å²) in [7, 11) is 0. The van der Waals surface area contributed by atoms with Gasteiger partial charge < -0.3 is 15.2 Å². The molecular formula is C17H23F2NO3. The van der Waals surface area contributed by atoms with E-state index in [4.69, 9.17) is 4.74 Å². The summed E-state index contributed by atoms with van der Waals surface area (Å²) in [6, 6.07) is 3.31. The van der Waals surface area contributed by atoms with Crippen LogP contribution in [0.5, 0.6) is 0 Å². The van der Waals surface area contributed by atoms with Crippen LogP contribution < -0.4 is 5.32 Å². The molecule has 1 aliphatic heterocycles. The van der Waals surface area contributed by atoms with Crippen molar-refractivity contribution in [3.8, 4) is 0 Å². The molecule has 1 fully saturated rings. The van der Waals surface area contributed by atoms with Gasteiger partial charge in [0.25, 0.3) is 0 Å². The monoisotopic (exact) mass is 327 g/mol. The fraction of sp³-hybridized carbons (Fsp3) is 0.588. The molecule has 0 aromatic heterocycles. The van der Waals surface area contributed by atoms with Crippen molar-refractivity contribution in [2.45, 2.75) is 32.1 Å². The molecule has 0 unspecified atom stereocenters. The van der Waals surface area contributed by atoms with Gasteiger partial charge in [0, 0.05) is 43.4 Å². The number of halogens is 2. The Morgan fingerprint density at radius 3 is 2.57 bits per heavy atom. The van der Waals surface area contributed by atoms with Crippen LogP contribution in [-0.2, 0) is 14.9 Å². The Morgan fingerprint density at radius 1 is 1.35 bits per heavy atom. The third kappa shape index (κ3) is 3.87. The minimum Gasteiger partial charge on any atom is -0.396 e. The lowest BCUT2D eigenvalue weighted by atomic mass is 9.73. The minimum atomic E-state index is -1.07. The van der Waals surface area contributed by atoms with Crippen LogP contribution in [-0.4, -0.2) is 37.4 Å². The zero-order valence-corrected chi connectivity index (χ0v) is 13.5. The summed E-state index contributed by atoms with van der Waals surface area (Å²) in [6.45, 7) is 4.52. The fourth-order valence-electron chi connectivity index (χ4n) is 2.76. The van der Waals surface area contributed by atoms with Crippen LogP contribution in [0.1, 0.15) is 32.3 Å². The van der Waals surface area contributed by atoms with Gasteiger partial charge in [0.2, 0.25) is 5.91 Å². The van der Waals surface area contributed by atoms with Gasteiger partial charge in [0.1, 0.15) is 11.6 Å². The number of hydrogen-bond acceptors (Lipinski definition) is 3. The highest BCUT2D eigenvalue weighted by atomic mass is 19.1. The number of carbonyl (C=O) groups excluding carboxylic acids is 1. The third-order valence-electron chi connectivity index (χ3n) is 4.38. The van der Waals surface area contributed by atoms with Crippen molar-refractivity contribution in [3.63, 3.8) is 0 Å². The summed E-state index contributed by atoms with van der Waals surface area (Å²) in [5.41, 5.74) is -1.34. The molecule has 0 spiro atoms. The number of ether oxygens (including phenoxy) is 1. The maximum absolute atomic E-state index is 14.3. The molecule has 1 aliphatic rings. The number of hydrogen-bond donors (Lipinski definition) is 2. The Bertz CT molecular complexity index is 569. The number of aliphatic hydroxyl groups is 1. The van der Waals surface area contributed by atoms with Crippen LogP contribution in [0.15, 0.2) is 18.2 Å². The van der Waals surface area contributed by atoms with Gasteiger partial charge >= 0.3 is 0 Å². The van der Waals surface area contributed by atoms with Gasteiger partial charge in [0.05, 0.1) is 5.41 Å². The number of carbonyl (C=O) groups is 1. The molecule has 1 aromatic rings. The van der Waals surface area contributed by atoms with E-state index < -0.39 is 22.5 Å². The van der Waals surface area contributed by atoms with E-state index in [9.17, 15) is 18.7 Å². The van der Waals surface area contributed by atoms with Crippen molar-refractivity contribution in [2.75, 3.05) is 26.4 Å². The number of aliphatic hydroxyl groups excluding tert-OH is 1. The predicted molar refractivity (Wildman–Crippen MR) is 82.0 cm³/mol. The van der Waals surface area contributed by atoms with Crippen molar-refractivity contribution >= 4 is 5.91 Å². The quantitative estimate of drug-likeness (QED) is 0.871. The van der Waals surface area contributed by atoms with Crippen molar-refractivity contribution in [3.05, 3.63) is 35.4 Å². The molecule has 1 aromatic carbocycles. The van der Waals surface area contributed by atoms with Crippen LogP contribution in [0, 0.1) is 17.0 Å². The molecule has 23 heavy (non-hydrogen) atoms. The predicted octanol–water partition coefficient (Wildman–Crippen LogP) is 2.15. The highest BCUT2D eigenvalue weighted by Crippen LogP contribution is 2.37. The SMILES string of the molecule is CC(C)(CO)CNC(=O)C1(c2ccc(F)cc2F)CCOCC1. The summed E-state index contributed by atoms with van der Waals surface area (Å²) >= 11 is 0. The first kappa shape index (κ1) is 17.8. The smallest absolute Gasteiger partial charge is 0.230 e. The van der Waals surface area contributed by atoms with E-state index in [0.717, 1.165) is 6.07 Å². The van der Waals surface area contributed by atoms with Gasteiger partial charge in [0.15, 0.2) is 0 Å². The molecule has 1 amide bonds. The third-order valence-corrected chi connectivity index (χ3v) is 4.38. The topological polar surface area (TPSA) is 58.6 Å². The minimum absolute atomic E-state index is 0.0751. The van der Waals surface area contributed by atoms with Crippen LogP contribution in [0.3, 0.4) is 0 Å². The van der Waals surface area contributed by atoms with Crippen LogP contribution >= 0.6 is 0 Å². The second kappa shape index (κ2) is 6.93. The van der Waals surface area contributed by atoms with Crippen molar-refractivity contribution in [1.82, 2.24) is 5.32 Å². The molecule has 2 N–H and O–H groups in total. The molecule has 1 saturated heterocycles. The van der Waals surface area contributed by atoms with Gasteiger partial charge in [-0.05, 0) is 18.9 Å². The molecule has 1 heterocycles. The summed E-state index contributed by atoms with van der Waals surface area (Å²) in [5, 5.41) is 12.1. The molecule has 0 aliphatic carbocycles. The van der Waals surface area contributed by atoms with E-state index >= 15 is 0 Å². The number of amides is 1. The lowest BCUT2D eigenvalue weighted by Crippen LogP contribution is -2.50. The highest BCUT2D eigenvalue weighted by Gasteiger charge is 2.43. The van der Waals surface area contributed by atoms with E-state index in [0.29, 0.717) is 26.1 Å². The Kier molecular flexibility index (Phi) is 5.37. The lowest BCUT2D eigenvalue weighted by molar-refractivity contribution is -0.131. The van der Waals surface area contributed by atoms with Crippen molar-refractivity contribution < 1.29 is 23.4 Å². The average Bonchev–Trinajstić information content (AvgIpc) is 2.53. The molecule has 2 rings (SSSR count). The number of rotatable bonds is 5. The van der Waals surface area contributed by atoms with Gasteiger partial charge in [-0.25, -0.2) is 8.78 Å². The van der Waals surface area contributed by atoms with E-state index in [1.165, 1.54) is 12.1 Å². The first-order valence-electron chi connectivity index (χ1n) is 7.73. The Hall–Kier alpha value is -1.53. The van der Waals surface area contributed by atoms with Gasteiger partial charge in [-0.2, -0.15) is 0 Å². The highest BCUT2D eigenvalue weighted by molar-refractivity contribution is 5.88. The standard InChI is InChI=1S/C17H23F2NO3/c1-16(2,11-21)10-20-15(22)17(5-7-23-8-6-17)13-4-3-12(18)9-14(13)19/h3-4,9,21H,5-8,10-11H2,1-2H3,(H,20,22). The summed E-state index contributed by atoms with van der Waals surface area (Å²) < 4.78 is 32.8. The molecule has 0 saturated carbocycles. The molecule has 0 atom stereocenters. The second-order valence-corrected chi connectivity index (χ2v) is 6.82.